The summed E-state index contributed by atoms with van der Waals surface area (Å²) in [6, 6.07) is 11.2. The third kappa shape index (κ3) is 4.35. The Bertz CT molecular complexity index is 975. The van der Waals surface area contributed by atoms with E-state index in [1.165, 1.54) is 25.1 Å². The summed E-state index contributed by atoms with van der Waals surface area (Å²) in [6.07, 6.45) is 0.538. The number of hydrogen-bond donors (Lipinski definition) is 1. The number of benzene rings is 1. The molecule has 0 bridgehead atoms. The lowest BCUT2D eigenvalue weighted by Crippen LogP contribution is -2.30. The first kappa shape index (κ1) is 18.7. The summed E-state index contributed by atoms with van der Waals surface area (Å²) in [7, 11) is 0. The Morgan fingerprint density at radius 1 is 1.19 bits per heavy atom. The van der Waals surface area contributed by atoms with Crippen LogP contribution in [-0.4, -0.2) is 27.9 Å². The number of thiazole rings is 1. The van der Waals surface area contributed by atoms with Gasteiger partial charge >= 0.3 is 5.97 Å². The Hall–Kier alpha value is -3.13. The monoisotopic (exact) mass is 385 g/mol. The molecule has 27 heavy (non-hydrogen) atoms. The van der Waals surface area contributed by atoms with E-state index in [2.05, 4.69) is 15.3 Å². The van der Waals surface area contributed by atoms with Gasteiger partial charge in [0.2, 0.25) is 0 Å². The van der Waals surface area contributed by atoms with Crippen LogP contribution in [0.3, 0.4) is 0 Å². The Kier molecular flexibility index (Phi) is 5.56. The SMILES string of the molecule is Cc1nc(-c2ccccn2)sc1C(=O)O[C@H](C)C(=O)Nc1ccccc1F. The third-order valence-electron chi connectivity index (χ3n) is 3.65. The van der Waals surface area contributed by atoms with Crippen LogP contribution in [0.25, 0.3) is 10.7 Å². The molecule has 1 amide bonds. The van der Waals surface area contributed by atoms with Gasteiger partial charge in [-0.25, -0.2) is 14.2 Å². The number of pyridine rings is 1. The molecule has 3 aromatic rings. The molecular weight excluding hydrogens is 369 g/mol. The molecule has 0 unspecified atom stereocenters. The van der Waals surface area contributed by atoms with E-state index >= 15 is 0 Å². The summed E-state index contributed by atoms with van der Waals surface area (Å²) < 4.78 is 18.8. The summed E-state index contributed by atoms with van der Waals surface area (Å²) in [5.74, 6) is -1.85. The van der Waals surface area contributed by atoms with Crippen LogP contribution in [0.15, 0.2) is 48.7 Å². The first-order chi connectivity index (χ1) is 13.0. The Labute approximate surface area is 159 Å². The topological polar surface area (TPSA) is 81.2 Å². The Balaban J connectivity index is 1.69. The van der Waals surface area contributed by atoms with Gasteiger partial charge in [-0.15, -0.1) is 11.3 Å². The van der Waals surface area contributed by atoms with E-state index in [1.54, 1.807) is 31.3 Å². The van der Waals surface area contributed by atoms with Crippen molar-refractivity contribution in [3.05, 3.63) is 65.0 Å². The van der Waals surface area contributed by atoms with E-state index in [0.29, 0.717) is 21.3 Å². The van der Waals surface area contributed by atoms with Crippen molar-refractivity contribution in [2.45, 2.75) is 20.0 Å². The smallest absolute Gasteiger partial charge is 0.351 e. The lowest BCUT2D eigenvalue weighted by atomic mass is 10.3. The Morgan fingerprint density at radius 3 is 2.63 bits per heavy atom. The van der Waals surface area contributed by atoms with E-state index in [0.717, 1.165) is 11.3 Å². The molecule has 0 spiro atoms. The van der Waals surface area contributed by atoms with E-state index in [-0.39, 0.29) is 5.69 Å². The highest BCUT2D eigenvalue weighted by molar-refractivity contribution is 7.17. The minimum Gasteiger partial charge on any atom is -0.448 e. The van der Waals surface area contributed by atoms with Gasteiger partial charge in [0.1, 0.15) is 15.7 Å². The number of amides is 1. The molecule has 0 aliphatic carbocycles. The second-order valence-corrected chi connectivity index (χ2v) is 6.66. The quantitative estimate of drug-likeness (QED) is 0.675. The van der Waals surface area contributed by atoms with Gasteiger partial charge in [-0.2, -0.15) is 0 Å². The van der Waals surface area contributed by atoms with Crippen molar-refractivity contribution in [3.8, 4) is 10.7 Å². The number of aromatic nitrogens is 2. The molecular formula is C19H16FN3O3S. The molecule has 1 atom stereocenters. The summed E-state index contributed by atoms with van der Waals surface area (Å²) in [4.78, 5) is 33.4. The molecule has 2 heterocycles. The standard InChI is InChI=1S/C19H16FN3O3S/c1-11-16(27-18(22-11)15-9-5-6-10-21-15)19(25)26-12(2)17(24)23-14-8-4-3-7-13(14)20/h3-10,12H,1-2H3,(H,23,24)/t12-/m1/s1. The van der Waals surface area contributed by atoms with Gasteiger partial charge in [-0.05, 0) is 38.1 Å². The number of carbonyl (C=O) groups is 2. The van der Waals surface area contributed by atoms with Gasteiger partial charge in [0, 0.05) is 6.20 Å². The van der Waals surface area contributed by atoms with E-state index in [1.807, 2.05) is 6.07 Å². The number of para-hydroxylation sites is 1. The van der Waals surface area contributed by atoms with Crippen LogP contribution in [0.1, 0.15) is 22.3 Å². The van der Waals surface area contributed by atoms with Crippen LogP contribution < -0.4 is 5.32 Å². The van der Waals surface area contributed by atoms with Crippen LogP contribution >= 0.6 is 11.3 Å². The average molecular weight is 385 g/mol. The number of aryl methyl sites for hydroxylation is 1. The molecule has 1 N–H and O–H groups in total. The first-order valence-corrected chi connectivity index (χ1v) is 8.92. The van der Waals surface area contributed by atoms with Crippen molar-refractivity contribution in [1.82, 2.24) is 9.97 Å². The number of halogens is 1. The van der Waals surface area contributed by atoms with Gasteiger partial charge in [0.05, 0.1) is 17.1 Å². The zero-order chi connectivity index (χ0) is 19.4. The van der Waals surface area contributed by atoms with Crippen molar-refractivity contribution in [2.75, 3.05) is 5.32 Å². The fourth-order valence-corrected chi connectivity index (χ4v) is 3.18. The number of carbonyl (C=O) groups excluding carboxylic acids is 2. The van der Waals surface area contributed by atoms with Gasteiger partial charge in [0.15, 0.2) is 6.10 Å². The highest BCUT2D eigenvalue weighted by Gasteiger charge is 2.23. The largest absolute Gasteiger partial charge is 0.448 e. The molecule has 138 valence electrons. The number of hydrogen-bond acceptors (Lipinski definition) is 6. The number of ether oxygens (including phenoxy) is 1. The molecule has 8 heteroatoms. The fraction of sp³-hybridized carbons (Fsp3) is 0.158. The van der Waals surface area contributed by atoms with Crippen LogP contribution in [0, 0.1) is 12.7 Å². The van der Waals surface area contributed by atoms with E-state index < -0.39 is 23.8 Å². The van der Waals surface area contributed by atoms with Gasteiger partial charge in [0.25, 0.3) is 5.91 Å². The molecule has 0 aliphatic rings. The number of esters is 1. The number of nitrogens with zero attached hydrogens (tertiary/aromatic N) is 2. The first-order valence-electron chi connectivity index (χ1n) is 8.11. The summed E-state index contributed by atoms with van der Waals surface area (Å²) in [6.45, 7) is 3.10. The van der Waals surface area contributed by atoms with Gasteiger partial charge < -0.3 is 10.1 Å². The van der Waals surface area contributed by atoms with Crippen LogP contribution in [0.4, 0.5) is 10.1 Å². The van der Waals surface area contributed by atoms with Crippen LogP contribution in [-0.2, 0) is 9.53 Å². The maximum atomic E-state index is 13.6. The molecule has 0 radical (unpaired) electrons. The number of anilines is 1. The summed E-state index contributed by atoms with van der Waals surface area (Å²) in [5, 5.41) is 2.99. The molecule has 0 saturated heterocycles. The number of nitrogens with one attached hydrogen (secondary N) is 1. The summed E-state index contributed by atoms with van der Waals surface area (Å²) in [5.41, 5.74) is 1.17. The molecule has 2 aromatic heterocycles. The lowest BCUT2D eigenvalue weighted by Gasteiger charge is -2.13. The predicted molar refractivity (Wildman–Crippen MR) is 100.0 cm³/mol. The van der Waals surface area contributed by atoms with Crippen LogP contribution in [0.5, 0.6) is 0 Å². The van der Waals surface area contributed by atoms with Crippen molar-refractivity contribution in [3.63, 3.8) is 0 Å². The van der Waals surface area contributed by atoms with E-state index in [9.17, 15) is 14.0 Å². The molecule has 6 nitrogen and oxygen atoms in total. The predicted octanol–water partition coefficient (Wildman–Crippen LogP) is 3.84. The molecule has 0 fully saturated rings. The average Bonchev–Trinajstić information content (AvgIpc) is 3.06. The van der Waals surface area contributed by atoms with Gasteiger partial charge in [-0.3, -0.25) is 9.78 Å². The van der Waals surface area contributed by atoms with E-state index in [4.69, 9.17) is 4.74 Å². The molecule has 0 saturated carbocycles. The second kappa shape index (κ2) is 8.05. The molecule has 0 aliphatic heterocycles. The minimum atomic E-state index is -1.10. The Morgan fingerprint density at radius 2 is 1.93 bits per heavy atom. The lowest BCUT2D eigenvalue weighted by molar-refractivity contribution is -0.123. The minimum absolute atomic E-state index is 0.0248. The fourth-order valence-electron chi connectivity index (χ4n) is 2.25. The highest BCUT2D eigenvalue weighted by atomic mass is 32.1. The van der Waals surface area contributed by atoms with Crippen molar-refractivity contribution >= 4 is 28.9 Å². The zero-order valence-electron chi connectivity index (χ0n) is 14.6. The maximum absolute atomic E-state index is 13.6. The second-order valence-electron chi connectivity index (χ2n) is 5.67. The summed E-state index contributed by atoms with van der Waals surface area (Å²) >= 11 is 1.14. The van der Waals surface area contributed by atoms with Gasteiger partial charge in [-0.1, -0.05) is 18.2 Å². The molecule has 3 rings (SSSR count). The maximum Gasteiger partial charge on any atom is 0.351 e. The van der Waals surface area contributed by atoms with Crippen molar-refractivity contribution < 1.29 is 18.7 Å². The normalized spacial score (nSPS) is 11.7. The third-order valence-corrected chi connectivity index (χ3v) is 4.81. The van der Waals surface area contributed by atoms with Crippen LogP contribution in [0.2, 0.25) is 0 Å². The highest BCUT2D eigenvalue weighted by Crippen LogP contribution is 2.27. The van der Waals surface area contributed by atoms with Crippen molar-refractivity contribution in [1.29, 1.82) is 0 Å². The molecule has 1 aromatic carbocycles. The number of rotatable bonds is 5. The van der Waals surface area contributed by atoms with Crippen molar-refractivity contribution in [2.24, 2.45) is 0 Å². The zero-order valence-corrected chi connectivity index (χ0v) is 15.4.